The first-order chi connectivity index (χ1) is 7.61. The Kier molecular flexibility index (Phi) is 4.60. The van der Waals surface area contributed by atoms with E-state index >= 15 is 0 Å². The van der Waals surface area contributed by atoms with Gasteiger partial charge in [0.15, 0.2) is 5.92 Å². The van der Waals surface area contributed by atoms with Crippen molar-refractivity contribution in [2.24, 2.45) is 0 Å². The Morgan fingerprint density at radius 1 is 1.50 bits per heavy atom. The molecule has 0 aliphatic carbocycles. The molecule has 0 fully saturated rings. The molecule has 0 aliphatic heterocycles. The van der Waals surface area contributed by atoms with Crippen molar-refractivity contribution in [3.63, 3.8) is 0 Å². The number of halogens is 2. The van der Waals surface area contributed by atoms with Gasteiger partial charge in [-0.3, -0.25) is 4.79 Å². The second-order valence-electron chi connectivity index (χ2n) is 2.95. The maximum atomic E-state index is 11.5. The summed E-state index contributed by atoms with van der Waals surface area (Å²) in [7, 11) is 0. The summed E-state index contributed by atoms with van der Waals surface area (Å²) in [6, 6.07) is 6.64. The van der Waals surface area contributed by atoms with Crippen molar-refractivity contribution >= 4 is 29.2 Å². The Bertz CT molecular complexity index is 420. The average Bonchev–Trinajstić information content (AvgIpc) is 2.24. The number of hydrogen-bond acceptors (Lipinski definition) is 3. The second-order valence-corrected chi connectivity index (χ2v) is 3.76. The van der Waals surface area contributed by atoms with E-state index in [0.29, 0.717) is 5.56 Å². The number of rotatable bonds is 3. The number of carbonyl (C=O) groups excluding carboxylic acids is 1. The SMILES string of the molecule is CCOC(=O)C(C#N)c1c(Cl)cccc1Cl. The fraction of sp³-hybridized carbons (Fsp3) is 0.273. The van der Waals surface area contributed by atoms with Gasteiger partial charge in [-0.25, -0.2) is 0 Å². The third-order valence-corrected chi connectivity index (χ3v) is 2.60. The summed E-state index contributed by atoms with van der Waals surface area (Å²) < 4.78 is 4.78. The Morgan fingerprint density at radius 3 is 2.50 bits per heavy atom. The van der Waals surface area contributed by atoms with Crippen LogP contribution in [0.5, 0.6) is 0 Å². The van der Waals surface area contributed by atoms with E-state index in [4.69, 9.17) is 33.2 Å². The van der Waals surface area contributed by atoms with Crippen LogP contribution in [0, 0.1) is 11.3 Å². The third-order valence-electron chi connectivity index (χ3n) is 1.94. The molecule has 0 radical (unpaired) electrons. The van der Waals surface area contributed by atoms with Gasteiger partial charge in [0.1, 0.15) is 0 Å². The van der Waals surface area contributed by atoms with E-state index in [9.17, 15) is 4.79 Å². The van der Waals surface area contributed by atoms with Gasteiger partial charge >= 0.3 is 5.97 Å². The van der Waals surface area contributed by atoms with Crippen LogP contribution in [0.1, 0.15) is 18.4 Å². The molecular formula is C11H9Cl2NO2. The normalized spacial score (nSPS) is 11.6. The lowest BCUT2D eigenvalue weighted by molar-refractivity contribution is -0.143. The lowest BCUT2D eigenvalue weighted by atomic mass is 10.0. The van der Waals surface area contributed by atoms with Gasteiger partial charge in [0.05, 0.1) is 12.7 Å². The van der Waals surface area contributed by atoms with E-state index in [1.54, 1.807) is 25.1 Å². The summed E-state index contributed by atoms with van der Waals surface area (Å²) in [5.41, 5.74) is 0.298. The number of benzene rings is 1. The summed E-state index contributed by atoms with van der Waals surface area (Å²) in [4.78, 5) is 11.5. The number of nitriles is 1. The first-order valence-corrected chi connectivity index (χ1v) is 5.37. The highest BCUT2D eigenvalue weighted by Crippen LogP contribution is 2.31. The Morgan fingerprint density at radius 2 is 2.06 bits per heavy atom. The standard InChI is InChI=1S/C11H9Cl2NO2/c1-2-16-11(15)7(6-14)10-8(12)4-3-5-9(10)13/h3-5,7H,2H2,1H3. The Balaban J connectivity index is 3.15. The molecule has 0 heterocycles. The second kappa shape index (κ2) is 5.74. The molecule has 1 unspecified atom stereocenters. The molecule has 0 amide bonds. The molecule has 0 bridgehead atoms. The van der Waals surface area contributed by atoms with E-state index in [1.165, 1.54) is 0 Å². The fourth-order valence-electron chi connectivity index (χ4n) is 1.25. The van der Waals surface area contributed by atoms with Gasteiger partial charge < -0.3 is 4.74 Å². The summed E-state index contributed by atoms with van der Waals surface area (Å²) in [5.74, 6) is -1.72. The number of esters is 1. The largest absolute Gasteiger partial charge is 0.465 e. The van der Waals surface area contributed by atoms with Gasteiger partial charge in [-0.1, -0.05) is 29.3 Å². The zero-order valence-corrected chi connectivity index (χ0v) is 10.0. The average molecular weight is 258 g/mol. The van der Waals surface area contributed by atoms with E-state index < -0.39 is 11.9 Å². The molecule has 1 atom stereocenters. The van der Waals surface area contributed by atoms with Crippen molar-refractivity contribution < 1.29 is 9.53 Å². The summed E-state index contributed by atoms with van der Waals surface area (Å²) in [6.07, 6.45) is 0. The van der Waals surface area contributed by atoms with Crippen molar-refractivity contribution in [3.05, 3.63) is 33.8 Å². The maximum Gasteiger partial charge on any atom is 0.328 e. The van der Waals surface area contributed by atoms with Crippen LogP contribution in [0.4, 0.5) is 0 Å². The summed E-state index contributed by atoms with van der Waals surface area (Å²) in [5, 5.41) is 9.53. The lowest BCUT2D eigenvalue weighted by Crippen LogP contribution is -2.15. The van der Waals surface area contributed by atoms with Crippen LogP contribution in [-0.2, 0) is 9.53 Å². The molecule has 0 spiro atoms. The van der Waals surface area contributed by atoms with Crippen molar-refractivity contribution in [1.29, 1.82) is 5.26 Å². The zero-order valence-electron chi connectivity index (χ0n) is 8.54. The fourth-order valence-corrected chi connectivity index (χ4v) is 1.86. The highest BCUT2D eigenvalue weighted by Gasteiger charge is 2.26. The number of ether oxygens (including phenoxy) is 1. The van der Waals surface area contributed by atoms with Crippen LogP contribution in [-0.4, -0.2) is 12.6 Å². The molecule has 0 aliphatic rings. The molecule has 1 aromatic carbocycles. The monoisotopic (exact) mass is 257 g/mol. The number of nitrogens with zero attached hydrogens (tertiary/aromatic N) is 1. The van der Waals surface area contributed by atoms with Crippen LogP contribution in [0.25, 0.3) is 0 Å². The number of hydrogen-bond donors (Lipinski definition) is 0. The minimum Gasteiger partial charge on any atom is -0.465 e. The van der Waals surface area contributed by atoms with Gasteiger partial charge in [-0.2, -0.15) is 5.26 Å². The molecule has 5 heteroatoms. The highest BCUT2D eigenvalue weighted by molar-refractivity contribution is 6.36. The van der Waals surface area contributed by atoms with E-state index in [1.807, 2.05) is 6.07 Å². The van der Waals surface area contributed by atoms with E-state index in [2.05, 4.69) is 0 Å². The zero-order chi connectivity index (χ0) is 12.1. The van der Waals surface area contributed by atoms with Crippen molar-refractivity contribution in [2.45, 2.75) is 12.8 Å². The smallest absolute Gasteiger partial charge is 0.328 e. The van der Waals surface area contributed by atoms with Gasteiger partial charge in [0.25, 0.3) is 0 Å². The molecule has 16 heavy (non-hydrogen) atoms. The predicted octanol–water partition coefficient (Wildman–Crippen LogP) is 3.16. The molecule has 0 N–H and O–H groups in total. The highest BCUT2D eigenvalue weighted by atomic mass is 35.5. The summed E-state index contributed by atoms with van der Waals surface area (Å²) >= 11 is 11.8. The van der Waals surface area contributed by atoms with Crippen molar-refractivity contribution in [3.8, 4) is 6.07 Å². The van der Waals surface area contributed by atoms with Gasteiger partial charge in [-0.05, 0) is 19.1 Å². The quantitative estimate of drug-likeness (QED) is 0.782. The predicted molar refractivity (Wildman–Crippen MR) is 61.4 cm³/mol. The molecule has 1 aromatic rings. The Hall–Kier alpha value is -1.24. The molecule has 3 nitrogen and oxygen atoms in total. The van der Waals surface area contributed by atoms with Crippen LogP contribution >= 0.6 is 23.2 Å². The molecule has 1 rings (SSSR count). The molecule has 0 saturated carbocycles. The summed E-state index contributed by atoms with van der Waals surface area (Å²) in [6.45, 7) is 1.87. The van der Waals surface area contributed by atoms with Gasteiger partial charge in [0, 0.05) is 15.6 Å². The van der Waals surface area contributed by atoms with Crippen molar-refractivity contribution in [1.82, 2.24) is 0 Å². The third kappa shape index (κ3) is 2.66. The van der Waals surface area contributed by atoms with Crippen LogP contribution in [0.3, 0.4) is 0 Å². The first-order valence-electron chi connectivity index (χ1n) is 4.62. The van der Waals surface area contributed by atoms with Crippen LogP contribution in [0.15, 0.2) is 18.2 Å². The molecule has 0 aromatic heterocycles. The maximum absolute atomic E-state index is 11.5. The van der Waals surface area contributed by atoms with Gasteiger partial charge in [0.2, 0.25) is 0 Å². The van der Waals surface area contributed by atoms with E-state index in [-0.39, 0.29) is 16.7 Å². The van der Waals surface area contributed by atoms with Crippen LogP contribution < -0.4 is 0 Å². The first kappa shape index (κ1) is 12.8. The lowest BCUT2D eigenvalue weighted by Gasteiger charge is -2.11. The van der Waals surface area contributed by atoms with Gasteiger partial charge in [-0.15, -0.1) is 0 Å². The van der Waals surface area contributed by atoms with E-state index in [0.717, 1.165) is 0 Å². The minimum atomic E-state index is -1.08. The van der Waals surface area contributed by atoms with Crippen molar-refractivity contribution in [2.75, 3.05) is 6.61 Å². The molecule has 0 saturated heterocycles. The molecule has 84 valence electrons. The number of carbonyl (C=O) groups is 1. The minimum absolute atomic E-state index is 0.207. The Labute approximate surface area is 104 Å². The van der Waals surface area contributed by atoms with Crippen LogP contribution in [0.2, 0.25) is 10.0 Å². The topological polar surface area (TPSA) is 50.1 Å². The molecular weight excluding hydrogens is 249 g/mol.